The van der Waals surface area contributed by atoms with Crippen LogP contribution in [0.5, 0.6) is 5.75 Å². The van der Waals surface area contributed by atoms with Crippen molar-refractivity contribution in [3.8, 4) is 5.75 Å². The molecule has 41 heavy (non-hydrogen) atoms. The number of halogens is 1. The predicted octanol–water partition coefficient (Wildman–Crippen LogP) is 4.92. The molecular weight excluding hydrogens is 545 g/mol. The zero-order valence-corrected chi connectivity index (χ0v) is 24.9. The molecule has 2 amide bonds. The molecule has 1 N–H and O–H groups in total. The minimum Gasteiger partial charge on any atom is -0.497 e. The van der Waals surface area contributed by atoms with Crippen molar-refractivity contribution in [2.24, 2.45) is 5.92 Å². The first-order valence-corrected chi connectivity index (χ1v) is 14.9. The van der Waals surface area contributed by atoms with Crippen LogP contribution in [0.2, 0.25) is 0 Å². The molecule has 0 aliphatic carbocycles. The van der Waals surface area contributed by atoms with E-state index in [2.05, 4.69) is 5.32 Å². The second kappa shape index (κ2) is 14.1. The number of hydrogen-bond donors (Lipinski definition) is 1. The molecule has 0 fully saturated rings. The smallest absolute Gasteiger partial charge is 0.264 e. The van der Waals surface area contributed by atoms with E-state index in [4.69, 9.17) is 4.74 Å². The Kier molecular flexibility index (Phi) is 10.9. The standard InChI is InChI=1S/C31H38FN3O5S/c1-6-29(31(37)33-19-22(2)3)34(20-24-9-7-23(4)8-10-24)30(36)21-35(26-13-11-25(32)12-14-26)41(38,39)28-17-15-27(40-5)16-18-28/h7-18,22,29H,6,19-21H2,1-5H3,(H,33,37)/t29-/m0/s1. The first-order valence-electron chi connectivity index (χ1n) is 13.5. The lowest BCUT2D eigenvalue weighted by atomic mass is 10.1. The number of nitrogens with zero attached hydrogens (tertiary/aromatic N) is 2. The lowest BCUT2D eigenvalue weighted by Gasteiger charge is -2.33. The van der Waals surface area contributed by atoms with Crippen LogP contribution in [0.25, 0.3) is 0 Å². The fourth-order valence-corrected chi connectivity index (χ4v) is 5.66. The van der Waals surface area contributed by atoms with E-state index in [-0.39, 0.29) is 29.0 Å². The molecule has 0 aliphatic rings. The number of aryl methyl sites for hydroxylation is 1. The molecule has 0 spiro atoms. The Hall–Kier alpha value is -3.92. The number of hydrogen-bond acceptors (Lipinski definition) is 5. The summed E-state index contributed by atoms with van der Waals surface area (Å²) in [4.78, 5) is 28.6. The molecule has 0 saturated carbocycles. The number of benzene rings is 3. The highest BCUT2D eigenvalue weighted by Gasteiger charge is 2.33. The monoisotopic (exact) mass is 583 g/mol. The van der Waals surface area contributed by atoms with Crippen LogP contribution in [0.15, 0.2) is 77.7 Å². The third-order valence-electron chi connectivity index (χ3n) is 6.58. The van der Waals surface area contributed by atoms with Crippen molar-refractivity contribution in [3.63, 3.8) is 0 Å². The van der Waals surface area contributed by atoms with Gasteiger partial charge in [0.25, 0.3) is 10.0 Å². The fourth-order valence-electron chi connectivity index (χ4n) is 4.24. The number of carbonyl (C=O) groups excluding carboxylic acids is 2. The molecule has 3 rings (SSSR count). The minimum absolute atomic E-state index is 0.0674. The lowest BCUT2D eigenvalue weighted by molar-refractivity contribution is -0.140. The van der Waals surface area contributed by atoms with Gasteiger partial charge in [0.2, 0.25) is 11.8 Å². The number of methoxy groups -OCH3 is 1. The van der Waals surface area contributed by atoms with E-state index in [1.807, 2.05) is 45.0 Å². The Bertz CT molecular complexity index is 1410. The first kappa shape index (κ1) is 31.6. The van der Waals surface area contributed by atoms with Gasteiger partial charge in [-0.25, -0.2) is 12.8 Å². The fraction of sp³-hybridized carbons (Fsp3) is 0.355. The van der Waals surface area contributed by atoms with Crippen LogP contribution >= 0.6 is 0 Å². The van der Waals surface area contributed by atoms with E-state index in [1.165, 1.54) is 48.4 Å². The molecule has 10 heteroatoms. The van der Waals surface area contributed by atoms with Crippen LogP contribution in [0.3, 0.4) is 0 Å². The average Bonchev–Trinajstić information content (AvgIpc) is 2.96. The van der Waals surface area contributed by atoms with Crippen molar-refractivity contribution in [1.82, 2.24) is 10.2 Å². The Morgan fingerprint density at radius 1 is 0.951 bits per heavy atom. The summed E-state index contributed by atoms with van der Waals surface area (Å²) in [5.74, 6) is -0.751. The molecule has 1 atom stereocenters. The maximum absolute atomic E-state index is 14.0. The zero-order valence-electron chi connectivity index (χ0n) is 24.1. The van der Waals surface area contributed by atoms with Crippen LogP contribution in [0.1, 0.15) is 38.3 Å². The largest absolute Gasteiger partial charge is 0.497 e. The number of carbonyl (C=O) groups is 2. The van der Waals surface area contributed by atoms with E-state index < -0.39 is 34.3 Å². The molecule has 0 aliphatic heterocycles. The molecule has 220 valence electrons. The van der Waals surface area contributed by atoms with Gasteiger partial charge in [0, 0.05) is 13.1 Å². The Labute approximate surface area is 242 Å². The maximum Gasteiger partial charge on any atom is 0.264 e. The summed E-state index contributed by atoms with van der Waals surface area (Å²) in [6, 6.07) is 17.4. The maximum atomic E-state index is 14.0. The number of anilines is 1. The van der Waals surface area contributed by atoms with Gasteiger partial charge in [0.15, 0.2) is 0 Å². The van der Waals surface area contributed by atoms with Crippen LogP contribution in [-0.4, -0.2) is 51.4 Å². The molecule has 3 aromatic carbocycles. The van der Waals surface area contributed by atoms with Gasteiger partial charge < -0.3 is 15.0 Å². The summed E-state index contributed by atoms with van der Waals surface area (Å²) in [6.45, 7) is 7.65. The van der Waals surface area contributed by atoms with Gasteiger partial charge in [-0.1, -0.05) is 50.6 Å². The Balaban J connectivity index is 2.03. The van der Waals surface area contributed by atoms with Crippen LogP contribution < -0.4 is 14.4 Å². The van der Waals surface area contributed by atoms with Gasteiger partial charge in [-0.3, -0.25) is 13.9 Å². The molecule has 3 aromatic rings. The van der Waals surface area contributed by atoms with Crippen LogP contribution in [-0.2, 0) is 26.2 Å². The third-order valence-corrected chi connectivity index (χ3v) is 8.37. The number of ether oxygens (including phenoxy) is 1. The topological polar surface area (TPSA) is 96.0 Å². The summed E-state index contributed by atoms with van der Waals surface area (Å²) in [5, 5.41) is 2.90. The quantitative estimate of drug-likeness (QED) is 0.308. The van der Waals surface area contributed by atoms with E-state index >= 15 is 0 Å². The average molecular weight is 584 g/mol. The van der Waals surface area contributed by atoms with Gasteiger partial charge >= 0.3 is 0 Å². The zero-order chi connectivity index (χ0) is 30.2. The van der Waals surface area contributed by atoms with E-state index in [0.29, 0.717) is 18.7 Å². The Morgan fingerprint density at radius 2 is 1.56 bits per heavy atom. The molecule has 0 heterocycles. The van der Waals surface area contributed by atoms with Gasteiger partial charge in [0.1, 0.15) is 24.2 Å². The second-order valence-electron chi connectivity index (χ2n) is 10.2. The molecule has 0 aromatic heterocycles. The number of sulfonamides is 1. The second-order valence-corrected chi connectivity index (χ2v) is 12.1. The highest BCUT2D eigenvalue weighted by atomic mass is 32.2. The number of nitrogens with one attached hydrogen (secondary N) is 1. The van der Waals surface area contributed by atoms with Crippen molar-refractivity contribution in [2.75, 3.05) is 24.5 Å². The van der Waals surface area contributed by atoms with Crippen molar-refractivity contribution in [2.45, 2.75) is 51.6 Å². The summed E-state index contributed by atoms with van der Waals surface area (Å²) in [7, 11) is -2.80. The van der Waals surface area contributed by atoms with E-state index in [0.717, 1.165) is 27.6 Å². The van der Waals surface area contributed by atoms with Gasteiger partial charge in [0.05, 0.1) is 17.7 Å². The Morgan fingerprint density at radius 3 is 2.10 bits per heavy atom. The SMILES string of the molecule is CC[C@@H](C(=O)NCC(C)C)N(Cc1ccc(C)cc1)C(=O)CN(c1ccc(F)cc1)S(=O)(=O)c1ccc(OC)cc1. The third kappa shape index (κ3) is 8.29. The van der Waals surface area contributed by atoms with E-state index in [9.17, 15) is 22.4 Å². The van der Waals surface area contributed by atoms with Gasteiger partial charge in [-0.15, -0.1) is 0 Å². The van der Waals surface area contributed by atoms with Crippen molar-refractivity contribution in [1.29, 1.82) is 0 Å². The van der Waals surface area contributed by atoms with E-state index in [1.54, 1.807) is 6.92 Å². The molecular formula is C31H38FN3O5S. The summed E-state index contributed by atoms with van der Waals surface area (Å²) in [5.41, 5.74) is 1.95. The lowest BCUT2D eigenvalue weighted by Crippen LogP contribution is -2.52. The van der Waals surface area contributed by atoms with Crippen LogP contribution in [0.4, 0.5) is 10.1 Å². The summed E-state index contributed by atoms with van der Waals surface area (Å²) in [6.07, 6.45) is 0.323. The van der Waals surface area contributed by atoms with Crippen molar-refractivity contribution < 1.29 is 27.1 Å². The van der Waals surface area contributed by atoms with Crippen molar-refractivity contribution in [3.05, 3.63) is 89.7 Å². The normalized spacial score (nSPS) is 12.1. The molecule has 0 unspecified atom stereocenters. The minimum atomic E-state index is -4.27. The summed E-state index contributed by atoms with van der Waals surface area (Å²) >= 11 is 0. The highest BCUT2D eigenvalue weighted by molar-refractivity contribution is 7.92. The van der Waals surface area contributed by atoms with Gasteiger partial charge in [-0.2, -0.15) is 0 Å². The van der Waals surface area contributed by atoms with Crippen LogP contribution in [0, 0.1) is 18.7 Å². The molecule has 0 saturated heterocycles. The number of rotatable bonds is 13. The molecule has 8 nitrogen and oxygen atoms in total. The predicted molar refractivity (Wildman–Crippen MR) is 158 cm³/mol. The first-order chi connectivity index (χ1) is 19.5. The number of amides is 2. The summed E-state index contributed by atoms with van der Waals surface area (Å²) < 4.78 is 47.6. The highest BCUT2D eigenvalue weighted by Crippen LogP contribution is 2.26. The van der Waals surface area contributed by atoms with Gasteiger partial charge in [-0.05, 0) is 73.4 Å². The molecule has 0 radical (unpaired) electrons. The molecule has 0 bridgehead atoms. The van der Waals surface area contributed by atoms with Crippen molar-refractivity contribution >= 4 is 27.5 Å².